The molecule has 0 unspecified atom stereocenters. The molecular weight excluding hydrogens is 232 g/mol. The molecule has 0 atom stereocenters. The number of hydrogen-bond donors (Lipinski definition) is 0. The minimum atomic E-state index is -1.49. The molecule has 0 fully saturated rings. The molecule has 0 aromatic rings. The van der Waals surface area contributed by atoms with Gasteiger partial charge in [0.05, 0.1) is 6.61 Å². The Kier molecular flexibility index (Phi) is 9.08. The Labute approximate surface area is 106 Å². The van der Waals surface area contributed by atoms with Crippen LogP contribution in [-0.2, 0) is 14.0 Å². The van der Waals surface area contributed by atoms with Crippen molar-refractivity contribution in [3.8, 4) is 0 Å². The molecule has 0 aromatic heterocycles. The SMILES string of the molecule is C=CC(=O)OCCCC[Si](C)(C)OCCCC. The van der Waals surface area contributed by atoms with E-state index < -0.39 is 8.32 Å². The molecular formula is C13H26O3Si. The summed E-state index contributed by atoms with van der Waals surface area (Å²) in [4.78, 5) is 10.8. The quantitative estimate of drug-likeness (QED) is 0.260. The van der Waals surface area contributed by atoms with Gasteiger partial charge < -0.3 is 9.16 Å². The van der Waals surface area contributed by atoms with Gasteiger partial charge >= 0.3 is 5.97 Å². The summed E-state index contributed by atoms with van der Waals surface area (Å²) in [7, 11) is -1.49. The van der Waals surface area contributed by atoms with E-state index in [2.05, 4.69) is 26.6 Å². The van der Waals surface area contributed by atoms with Crippen LogP contribution in [0.1, 0.15) is 32.6 Å². The summed E-state index contributed by atoms with van der Waals surface area (Å²) in [6.07, 6.45) is 5.50. The van der Waals surface area contributed by atoms with Crippen molar-refractivity contribution in [1.29, 1.82) is 0 Å². The van der Waals surface area contributed by atoms with E-state index in [4.69, 9.17) is 9.16 Å². The lowest BCUT2D eigenvalue weighted by Gasteiger charge is -2.22. The second-order valence-electron chi connectivity index (χ2n) is 4.79. The van der Waals surface area contributed by atoms with Crippen LogP contribution < -0.4 is 0 Å². The summed E-state index contributed by atoms with van der Waals surface area (Å²) < 4.78 is 10.9. The van der Waals surface area contributed by atoms with E-state index in [-0.39, 0.29) is 5.97 Å². The van der Waals surface area contributed by atoms with Crippen molar-refractivity contribution < 1.29 is 14.0 Å². The van der Waals surface area contributed by atoms with Gasteiger partial charge in [-0.15, -0.1) is 0 Å². The fourth-order valence-electron chi connectivity index (χ4n) is 1.45. The molecule has 0 saturated carbocycles. The average Bonchev–Trinajstić information content (AvgIpc) is 2.28. The number of esters is 1. The lowest BCUT2D eigenvalue weighted by Crippen LogP contribution is -2.30. The molecule has 0 aliphatic rings. The van der Waals surface area contributed by atoms with Gasteiger partial charge in [-0.1, -0.05) is 26.3 Å². The van der Waals surface area contributed by atoms with E-state index in [9.17, 15) is 4.79 Å². The van der Waals surface area contributed by atoms with E-state index in [1.807, 2.05) is 0 Å². The number of ether oxygens (including phenoxy) is 1. The van der Waals surface area contributed by atoms with Crippen molar-refractivity contribution in [3.63, 3.8) is 0 Å². The minimum Gasteiger partial charge on any atom is -0.463 e. The number of carbonyl (C=O) groups is 1. The molecule has 0 rings (SSSR count). The molecule has 3 nitrogen and oxygen atoms in total. The van der Waals surface area contributed by atoms with Gasteiger partial charge in [0.2, 0.25) is 0 Å². The van der Waals surface area contributed by atoms with E-state index in [0.717, 1.165) is 31.9 Å². The number of carbonyl (C=O) groups excluding carboxylic acids is 1. The Balaban J connectivity index is 3.51. The first-order valence-corrected chi connectivity index (χ1v) is 9.56. The molecule has 0 N–H and O–H groups in total. The van der Waals surface area contributed by atoms with Gasteiger partial charge in [0.15, 0.2) is 8.32 Å². The van der Waals surface area contributed by atoms with Crippen LogP contribution in [-0.4, -0.2) is 27.5 Å². The van der Waals surface area contributed by atoms with Gasteiger partial charge in [-0.25, -0.2) is 4.79 Å². The van der Waals surface area contributed by atoms with E-state index in [0.29, 0.717) is 6.61 Å². The first-order chi connectivity index (χ1) is 8.02. The highest BCUT2D eigenvalue weighted by Crippen LogP contribution is 2.15. The average molecular weight is 258 g/mol. The summed E-state index contributed by atoms with van der Waals surface area (Å²) in [5, 5.41) is 0. The van der Waals surface area contributed by atoms with Crippen LogP contribution in [0.4, 0.5) is 0 Å². The second-order valence-corrected chi connectivity index (χ2v) is 9.10. The molecule has 0 spiro atoms. The molecule has 0 amide bonds. The van der Waals surface area contributed by atoms with Crippen molar-refractivity contribution in [1.82, 2.24) is 0 Å². The fourth-order valence-corrected chi connectivity index (χ4v) is 3.39. The zero-order valence-electron chi connectivity index (χ0n) is 11.5. The summed E-state index contributed by atoms with van der Waals surface area (Å²) in [6, 6.07) is 1.13. The highest BCUT2D eigenvalue weighted by Gasteiger charge is 2.21. The van der Waals surface area contributed by atoms with Crippen LogP contribution in [0, 0.1) is 0 Å². The summed E-state index contributed by atoms with van der Waals surface area (Å²) >= 11 is 0. The number of hydrogen-bond acceptors (Lipinski definition) is 3. The van der Waals surface area contributed by atoms with Crippen LogP contribution in [0.15, 0.2) is 12.7 Å². The summed E-state index contributed by atoms with van der Waals surface area (Å²) in [6.45, 7) is 11.4. The van der Waals surface area contributed by atoms with Crippen molar-refractivity contribution in [2.24, 2.45) is 0 Å². The molecule has 0 aliphatic heterocycles. The maximum Gasteiger partial charge on any atom is 0.330 e. The molecule has 4 heteroatoms. The Morgan fingerprint density at radius 2 is 1.94 bits per heavy atom. The van der Waals surface area contributed by atoms with E-state index in [1.54, 1.807) is 0 Å². The predicted molar refractivity (Wildman–Crippen MR) is 73.5 cm³/mol. The number of rotatable bonds is 10. The Morgan fingerprint density at radius 1 is 1.24 bits per heavy atom. The third kappa shape index (κ3) is 10.3. The van der Waals surface area contributed by atoms with Crippen molar-refractivity contribution in [2.45, 2.75) is 51.7 Å². The molecule has 0 aliphatic carbocycles. The predicted octanol–water partition coefficient (Wildman–Crippen LogP) is 3.52. The number of unbranched alkanes of at least 4 members (excludes halogenated alkanes) is 2. The first kappa shape index (κ1) is 16.4. The van der Waals surface area contributed by atoms with Gasteiger partial charge in [0.1, 0.15) is 0 Å². The Bertz CT molecular complexity index is 227. The minimum absolute atomic E-state index is 0.333. The van der Waals surface area contributed by atoms with Crippen LogP contribution in [0.2, 0.25) is 19.1 Å². The van der Waals surface area contributed by atoms with Gasteiger partial charge in [0, 0.05) is 12.7 Å². The molecule has 0 aromatic carbocycles. The molecule has 0 bridgehead atoms. The largest absolute Gasteiger partial charge is 0.463 e. The highest BCUT2D eigenvalue weighted by atomic mass is 28.4. The summed E-state index contributed by atoms with van der Waals surface area (Å²) in [5.41, 5.74) is 0. The molecule has 0 heterocycles. The molecule has 17 heavy (non-hydrogen) atoms. The molecule has 100 valence electrons. The standard InChI is InChI=1S/C13H26O3Si/c1-5-7-11-16-17(3,4)12-9-8-10-15-13(14)6-2/h6H,2,5,7-12H2,1,3-4H3. The Morgan fingerprint density at radius 3 is 2.53 bits per heavy atom. The second kappa shape index (κ2) is 9.42. The van der Waals surface area contributed by atoms with Crippen molar-refractivity contribution >= 4 is 14.3 Å². The van der Waals surface area contributed by atoms with E-state index in [1.165, 1.54) is 12.5 Å². The van der Waals surface area contributed by atoms with Crippen molar-refractivity contribution in [2.75, 3.05) is 13.2 Å². The highest BCUT2D eigenvalue weighted by molar-refractivity contribution is 6.71. The topological polar surface area (TPSA) is 35.5 Å². The maximum atomic E-state index is 10.8. The lowest BCUT2D eigenvalue weighted by atomic mass is 10.4. The Hall–Kier alpha value is -0.613. The van der Waals surface area contributed by atoms with E-state index >= 15 is 0 Å². The van der Waals surface area contributed by atoms with Crippen LogP contribution >= 0.6 is 0 Å². The molecule has 0 saturated heterocycles. The maximum absolute atomic E-state index is 10.8. The van der Waals surface area contributed by atoms with Gasteiger partial charge in [-0.05, 0) is 32.0 Å². The summed E-state index contributed by atoms with van der Waals surface area (Å²) in [5.74, 6) is -0.333. The zero-order valence-corrected chi connectivity index (χ0v) is 12.5. The van der Waals surface area contributed by atoms with Gasteiger partial charge in [-0.3, -0.25) is 0 Å². The van der Waals surface area contributed by atoms with Gasteiger partial charge in [-0.2, -0.15) is 0 Å². The normalized spacial score (nSPS) is 11.2. The fraction of sp³-hybridized carbons (Fsp3) is 0.769. The smallest absolute Gasteiger partial charge is 0.330 e. The monoisotopic (exact) mass is 258 g/mol. The molecule has 0 radical (unpaired) electrons. The van der Waals surface area contributed by atoms with Gasteiger partial charge in [0.25, 0.3) is 0 Å². The van der Waals surface area contributed by atoms with Crippen LogP contribution in [0.5, 0.6) is 0 Å². The third-order valence-corrected chi connectivity index (χ3v) is 5.12. The van der Waals surface area contributed by atoms with Crippen molar-refractivity contribution in [3.05, 3.63) is 12.7 Å². The van der Waals surface area contributed by atoms with Crippen LogP contribution in [0.3, 0.4) is 0 Å². The zero-order chi connectivity index (χ0) is 13.1. The first-order valence-electron chi connectivity index (χ1n) is 6.45. The van der Waals surface area contributed by atoms with Crippen LogP contribution in [0.25, 0.3) is 0 Å². The lowest BCUT2D eigenvalue weighted by molar-refractivity contribution is -0.137. The third-order valence-electron chi connectivity index (χ3n) is 2.57.